The van der Waals surface area contributed by atoms with Gasteiger partial charge in [0.05, 0.1) is 6.07 Å². The van der Waals surface area contributed by atoms with Crippen LogP contribution in [0, 0.1) is 17.2 Å². The molecule has 0 N–H and O–H groups in total. The van der Waals surface area contributed by atoms with Crippen LogP contribution in [0.15, 0.2) is 0 Å². The van der Waals surface area contributed by atoms with Gasteiger partial charge in [-0.1, -0.05) is 6.92 Å². The number of hydrogen-bond acceptors (Lipinski definition) is 2. The van der Waals surface area contributed by atoms with Crippen LogP contribution < -0.4 is 0 Å². The van der Waals surface area contributed by atoms with E-state index in [1.165, 1.54) is 0 Å². The second-order valence-corrected chi connectivity index (χ2v) is 3.21. The molecular formula is C7H9NO. The molecule has 48 valence electrons. The fourth-order valence-corrected chi connectivity index (χ4v) is 1.77. The van der Waals surface area contributed by atoms with E-state index in [9.17, 15) is 0 Å². The molecule has 2 nitrogen and oxygen atoms in total. The SMILES string of the molecule is CC1CC2(C1)OC2C#N. The first kappa shape index (κ1) is 5.25. The van der Waals surface area contributed by atoms with E-state index in [-0.39, 0.29) is 11.7 Å². The molecule has 1 aliphatic heterocycles. The van der Waals surface area contributed by atoms with Gasteiger partial charge in [0.15, 0.2) is 6.10 Å². The minimum absolute atomic E-state index is 0.0498. The Hall–Kier alpha value is -0.550. The van der Waals surface area contributed by atoms with Crippen molar-refractivity contribution in [2.45, 2.75) is 31.5 Å². The van der Waals surface area contributed by atoms with Crippen LogP contribution in [0.1, 0.15) is 19.8 Å². The molecular weight excluding hydrogens is 114 g/mol. The number of rotatable bonds is 0. The van der Waals surface area contributed by atoms with Gasteiger partial charge in [-0.3, -0.25) is 0 Å². The number of hydrogen-bond donors (Lipinski definition) is 0. The molecule has 1 saturated carbocycles. The average molecular weight is 123 g/mol. The van der Waals surface area contributed by atoms with Gasteiger partial charge < -0.3 is 4.74 Å². The van der Waals surface area contributed by atoms with Crippen molar-refractivity contribution in [2.75, 3.05) is 0 Å². The smallest absolute Gasteiger partial charge is 0.173 e. The third-order valence-electron chi connectivity index (χ3n) is 2.28. The van der Waals surface area contributed by atoms with Gasteiger partial charge in [-0.25, -0.2) is 0 Å². The summed E-state index contributed by atoms with van der Waals surface area (Å²) in [5, 5.41) is 8.42. The minimum Gasteiger partial charge on any atom is -0.350 e. The van der Waals surface area contributed by atoms with Crippen LogP contribution in [0.5, 0.6) is 0 Å². The largest absolute Gasteiger partial charge is 0.350 e. The molecule has 2 fully saturated rings. The zero-order valence-electron chi connectivity index (χ0n) is 5.42. The lowest BCUT2D eigenvalue weighted by Crippen LogP contribution is -2.32. The van der Waals surface area contributed by atoms with E-state index in [2.05, 4.69) is 13.0 Å². The second-order valence-electron chi connectivity index (χ2n) is 3.21. The quantitative estimate of drug-likeness (QED) is 0.452. The lowest BCUT2D eigenvalue weighted by Gasteiger charge is -2.29. The normalized spacial score (nSPS) is 54.2. The highest BCUT2D eigenvalue weighted by Gasteiger charge is 2.63. The van der Waals surface area contributed by atoms with Gasteiger partial charge in [0, 0.05) is 0 Å². The molecule has 2 rings (SSSR count). The highest BCUT2D eigenvalue weighted by atomic mass is 16.6. The third-order valence-corrected chi connectivity index (χ3v) is 2.28. The van der Waals surface area contributed by atoms with E-state index in [1.54, 1.807) is 0 Å². The Morgan fingerprint density at radius 3 is 2.67 bits per heavy atom. The van der Waals surface area contributed by atoms with Crippen LogP contribution >= 0.6 is 0 Å². The van der Waals surface area contributed by atoms with Crippen LogP contribution in [0.3, 0.4) is 0 Å². The Morgan fingerprint density at radius 1 is 1.67 bits per heavy atom. The van der Waals surface area contributed by atoms with Crippen LogP contribution in [0.2, 0.25) is 0 Å². The number of nitriles is 1. The van der Waals surface area contributed by atoms with Gasteiger partial charge in [-0.2, -0.15) is 5.26 Å². The third kappa shape index (κ3) is 0.529. The lowest BCUT2D eigenvalue weighted by molar-refractivity contribution is 0.137. The summed E-state index contributed by atoms with van der Waals surface area (Å²) >= 11 is 0. The van der Waals surface area contributed by atoms with E-state index < -0.39 is 0 Å². The Labute approximate surface area is 54.4 Å². The van der Waals surface area contributed by atoms with Crippen molar-refractivity contribution >= 4 is 0 Å². The van der Waals surface area contributed by atoms with Crippen molar-refractivity contribution in [2.24, 2.45) is 5.92 Å². The van der Waals surface area contributed by atoms with Gasteiger partial charge in [-0.05, 0) is 18.8 Å². The Kier molecular flexibility index (Phi) is 0.758. The summed E-state index contributed by atoms with van der Waals surface area (Å²) in [6.07, 6.45) is 2.14. The van der Waals surface area contributed by atoms with Crippen LogP contribution in [0.25, 0.3) is 0 Å². The Morgan fingerprint density at radius 2 is 2.33 bits per heavy atom. The molecule has 0 amide bonds. The molecule has 0 aromatic rings. The minimum atomic E-state index is -0.0614. The molecule has 1 spiro atoms. The van der Waals surface area contributed by atoms with Crippen molar-refractivity contribution in [1.29, 1.82) is 5.26 Å². The van der Waals surface area contributed by atoms with E-state index in [0.29, 0.717) is 0 Å². The zero-order valence-corrected chi connectivity index (χ0v) is 5.42. The summed E-state index contributed by atoms with van der Waals surface area (Å²) in [6, 6.07) is 2.13. The Bertz CT molecular complexity index is 176. The first-order valence-electron chi connectivity index (χ1n) is 3.34. The lowest BCUT2D eigenvalue weighted by atomic mass is 9.74. The maximum Gasteiger partial charge on any atom is 0.173 e. The monoisotopic (exact) mass is 123 g/mol. The van der Waals surface area contributed by atoms with Gasteiger partial charge in [0.25, 0.3) is 0 Å². The number of epoxide rings is 1. The summed E-state index contributed by atoms with van der Waals surface area (Å²) in [5.41, 5.74) is 0.0498. The first-order valence-corrected chi connectivity index (χ1v) is 3.34. The Balaban J connectivity index is 1.98. The summed E-state index contributed by atoms with van der Waals surface area (Å²) in [4.78, 5) is 0. The fourth-order valence-electron chi connectivity index (χ4n) is 1.77. The van der Waals surface area contributed by atoms with Crippen LogP contribution in [-0.4, -0.2) is 11.7 Å². The van der Waals surface area contributed by atoms with Crippen molar-refractivity contribution < 1.29 is 4.74 Å². The molecule has 0 radical (unpaired) electrons. The molecule has 1 heterocycles. The van der Waals surface area contributed by atoms with Crippen LogP contribution in [0.4, 0.5) is 0 Å². The van der Waals surface area contributed by atoms with Gasteiger partial charge in [0.2, 0.25) is 0 Å². The number of nitrogens with zero attached hydrogens (tertiary/aromatic N) is 1. The van der Waals surface area contributed by atoms with Crippen molar-refractivity contribution in [3.05, 3.63) is 0 Å². The maximum absolute atomic E-state index is 8.42. The average Bonchev–Trinajstić information content (AvgIpc) is 2.41. The summed E-state index contributed by atoms with van der Waals surface area (Å²) < 4.78 is 5.20. The predicted molar refractivity (Wildman–Crippen MR) is 31.6 cm³/mol. The van der Waals surface area contributed by atoms with Gasteiger partial charge >= 0.3 is 0 Å². The molecule has 1 atom stereocenters. The summed E-state index contributed by atoms with van der Waals surface area (Å²) in [6.45, 7) is 2.20. The first-order chi connectivity index (χ1) is 4.27. The van der Waals surface area contributed by atoms with Crippen molar-refractivity contribution in [3.8, 4) is 6.07 Å². The van der Waals surface area contributed by atoms with E-state index in [0.717, 1.165) is 18.8 Å². The van der Waals surface area contributed by atoms with Gasteiger partial charge in [0.1, 0.15) is 5.60 Å². The van der Waals surface area contributed by atoms with E-state index in [4.69, 9.17) is 10.00 Å². The standard InChI is InChI=1S/C7H9NO/c1-5-2-7(3-5)6(4-8)9-7/h5-6H,2-3H2,1H3. The van der Waals surface area contributed by atoms with Crippen LogP contribution in [-0.2, 0) is 4.74 Å². The van der Waals surface area contributed by atoms with Crippen molar-refractivity contribution in [3.63, 3.8) is 0 Å². The topological polar surface area (TPSA) is 36.3 Å². The van der Waals surface area contributed by atoms with E-state index >= 15 is 0 Å². The molecule has 1 aliphatic carbocycles. The molecule has 2 heteroatoms. The highest BCUT2D eigenvalue weighted by molar-refractivity contribution is 5.19. The molecule has 0 aromatic heterocycles. The van der Waals surface area contributed by atoms with Gasteiger partial charge in [-0.15, -0.1) is 0 Å². The molecule has 1 saturated heterocycles. The van der Waals surface area contributed by atoms with E-state index in [1.807, 2.05) is 0 Å². The molecule has 0 aromatic carbocycles. The van der Waals surface area contributed by atoms with Crippen molar-refractivity contribution in [1.82, 2.24) is 0 Å². The molecule has 1 unspecified atom stereocenters. The zero-order chi connectivity index (χ0) is 6.48. The second kappa shape index (κ2) is 1.30. The summed E-state index contributed by atoms with van der Waals surface area (Å²) in [7, 11) is 0. The maximum atomic E-state index is 8.42. The number of ether oxygens (including phenoxy) is 1. The molecule has 0 bridgehead atoms. The fraction of sp³-hybridized carbons (Fsp3) is 0.857. The predicted octanol–water partition coefficient (Wildman–Crippen LogP) is 1.08. The highest BCUT2D eigenvalue weighted by Crippen LogP contribution is 2.54. The molecule has 9 heavy (non-hydrogen) atoms. The molecule has 2 aliphatic rings. The summed E-state index contributed by atoms with van der Waals surface area (Å²) in [5.74, 6) is 0.781.